The number of imide groups is 1. The van der Waals surface area contributed by atoms with E-state index < -0.39 is 41.9 Å². The zero-order valence-corrected chi connectivity index (χ0v) is 16.2. The van der Waals surface area contributed by atoms with Gasteiger partial charge >= 0.3 is 5.97 Å². The minimum Gasteiger partial charge on any atom is -0.480 e. The van der Waals surface area contributed by atoms with Gasteiger partial charge in [0.2, 0.25) is 11.8 Å². The van der Waals surface area contributed by atoms with Gasteiger partial charge in [0.1, 0.15) is 0 Å². The fraction of sp³-hybridized carbons (Fsp3) is 0.526. The van der Waals surface area contributed by atoms with Crippen molar-refractivity contribution in [3.8, 4) is 0 Å². The van der Waals surface area contributed by atoms with Gasteiger partial charge < -0.3 is 10.2 Å². The van der Waals surface area contributed by atoms with Gasteiger partial charge in [-0.3, -0.25) is 24.6 Å². The topological polar surface area (TPSA) is 107 Å². The Morgan fingerprint density at radius 1 is 1.30 bits per heavy atom. The first kappa shape index (κ1) is 19.9. The third kappa shape index (κ3) is 3.05. The lowest BCUT2D eigenvalue weighted by Crippen LogP contribution is -2.58. The van der Waals surface area contributed by atoms with E-state index in [-0.39, 0.29) is 12.5 Å². The standard InChI is InChI=1S/C19H24N2O5S/c1-11-6-3-4-7-12(11)15-13-14(19(10-22,20-15)18(25)26)17(24)21(16(13)23)8-5-9-27-2/h3-4,6-7,13-15,20,22H,5,8-10H2,1-2H3,(H,25,26). The molecule has 4 atom stereocenters. The number of benzene rings is 1. The third-order valence-electron chi connectivity index (χ3n) is 5.63. The van der Waals surface area contributed by atoms with Crippen molar-refractivity contribution in [3.05, 3.63) is 35.4 Å². The average Bonchev–Trinajstić information content (AvgIpc) is 3.12. The van der Waals surface area contributed by atoms with Gasteiger partial charge in [-0.2, -0.15) is 11.8 Å². The van der Waals surface area contributed by atoms with E-state index in [1.165, 1.54) is 4.90 Å². The Hall–Kier alpha value is -1.90. The third-order valence-corrected chi connectivity index (χ3v) is 6.33. The number of carbonyl (C=O) groups excluding carboxylic acids is 2. The number of nitrogens with zero attached hydrogens (tertiary/aromatic N) is 1. The summed E-state index contributed by atoms with van der Waals surface area (Å²) in [6.07, 6.45) is 2.60. The molecule has 0 aromatic heterocycles. The number of thioether (sulfide) groups is 1. The molecule has 7 nitrogen and oxygen atoms in total. The highest BCUT2D eigenvalue weighted by Crippen LogP contribution is 2.49. The maximum Gasteiger partial charge on any atom is 0.327 e. The fourth-order valence-corrected chi connectivity index (χ4v) is 4.68. The van der Waals surface area contributed by atoms with Gasteiger partial charge in [-0.15, -0.1) is 0 Å². The predicted molar refractivity (Wildman–Crippen MR) is 101 cm³/mol. The van der Waals surface area contributed by atoms with Crippen molar-refractivity contribution in [2.75, 3.05) is 25.2 Å². The number of rotatable bonds is 7. The Morgan fingerprint density at radius 3 is 2.59 bits per heavy atom. The Kier molecular flexibility index (Phi) is 5.60. The fourth-order valence-electron chi connectivity index (χ4n) is 4.26. The first-order chi connectivity index (χ1) is 12.9. The molecule has 27 heavy (non-hydrogen) atoms. The van der Waals surface area contributed by atoms with Crippen LogP contribution >= 0.6 is 11.8 Å². The molecule has 2 fully saturated rings. The van der Waals surface area contributed by atoms with E-state index in [1.807, 2.05) is 37.4 Å². The van der Waals surface area contributed by atoms with E-state index in [9.17, 15) is 24.6 Å². The van der Waals surface area contributed by atoms with Crippen LogP contribution < -0.4 is 5.32 Å². The first-order valence-electron chi connectivity index (χ1n) is 8.90. The number of fused-ring (bicyclic) bond motifs is 1. The van der Waals surface area contributed by atoms with Gasteiger partial charge in [0.25, 0.3) is 0 Å². The number of carboxylic acid groups (broad SMARTS) is 1. The van der Waals surface area contributed by atoms with Gasteiger partial charge in [0, 0.05) is 12.6 Å². The number of carbonyl (C=O) groups is 3. The molecule has 2 amide bonds. The number of nitrogens with one attached hydrogen (secondary N) is 1. The molecule has 0 aliphatic carbocycles. The molecule has 146 valence electrons. The molecule has 0 spiro atoms. The zero-order chi connectivity index (χ0) is 19.8. The minimum absolute atomic E-state index is 0.271. The number of hydrogen-bond acceptors (Lipinski definition) is 6. The molecule has 1 aromatic rings. The van der Waals surface area contributed by atoms with E-state index in [0.717, 1.165) is 16.9 Å². The Labute approximate surface area is 162 Å². The smallest absolute Gasteiger partial charge is 0.327 e. The van der Waals surface area contributed by atoms with E-state index in [4.69, 9.17) is 0 Å². The van der Waals surface area contributed by atoms with Crippen LogP contribution in [0.1, 0.15) is 23.6 Å². The van der Waals surface area contributed by atoms with Crippen LogP contribution in [0.3, 0.4) is 0 Å². The number of aliphatic carboxylic acids is 1. The first-order valence-corrected chi connectivity index (χ1v) is 10.3. The average molecular weight is 392 g/mol. The lowest BCUT2D eigenvalue weighted by atomic mass is 9.79. The summed E-state index contributed by atoms with van der Waals surface area (Å²) in [6, 6.07) is 6.74. The summed E-state index contributed by atoms with van der Waals surface area (Å²) in [5.74, 6) is -3.34. The molecule has 2 heterocycles. The van der Waals surface area contributed by atoms with Crippen molar-refractivity contribution in [2.45, 2.75) is 24.9 Å². The Morgan fingerprint density at radius 2 is 2.00 bits per heavy atom. The van der Waals surface area contributed by atoms with E-state index >= 15 is 0 Å². The monoisotopic (exact) mass is 392 g/mol. The highest BCUT2D eigenvalue weighted by Gasteiger charge is 2.68. The van der Waals surface area contributed by atoms with Crippen molar-refractivity contribution in [2.24, 2.45) is 11.8 Å². The summed E-state index contributed by atoms with van der Waals surface area (Å²) in [5, 5.41) is 22.7. The number of likely N-dealkylation sites (tertiary alicyclic amines) is 1. The molecule has 8 heteroatoms. The zero-order valence-electron chi connectivity index (χ0n) is 15.3. The van der Waals surface area contributed by atoms with Gasteiger partial charge in [-0.05, 0) is 36.5 Å². The number of aliphatic hydroxyl groups is 1. The van der Waals surface area contributed by atoms with Crippen LogP contribution in [0.15, 0.2) is 24.3 Å². The second-order valence-corrected chi connectivity index (χ2v) is 8.08. The molecule has 0 saturated carbocycles. The molecule has 1 aromatic carbocycles. The minimum atomic E-state index is -1.86. The lowest BCUT2D eigenvalue weighted by molar-refractivity contribution is -0.153. The van der Waals surface area contributed by atoms with Crippen molar-refractivity contribution in [1.29, 1.82) is 0 Å². The summed E-state index contributed by atoms with van der Waals surface area (Å²) < 4.78 is 0. The number of aliphatic hydroxyl groups excluding tert-OH is 1. The lowest BCUT2D eigenvalue weighted by Gasteiger charge is -2.29. The molecule has 2 aliphatic heterocycles. The van der Waals surface area contributed by atoms with E-state index in [2.05, 4.69) is 5.32 Å². The van der Waals surface area contributed by atoms with Gasteiger partial charge in [-0.25, -0.2) is 0 Å². The molecule has 2 aliphatic rings. The molecule has 3 rings (SSSR count). The molecule has 3 N–H and O–H groups in total. The molecular weight excluding hydrogens is 368 g/mol. The van der Waals surface area contributed by atoms with Crippen LogP contribution in [-0.2, 0) is 14.4 Å². The van der Waals surface area contributed by atoms with Crippen LogP contribution in [0.25, 0.3) is 0 Å². The van der Waals surface area contributed by atoms with Crippen molar-refractivity contribution in [3.63, 3.8) is 0 Å². The SMILES string of the molecule is CSCCCN1C(=O)C2C(c3ccccc3C)NC(CO)(C(=O)O)C2C1=O. The van der Waals surface area contributed by atoms with E-state index in [0.29, 0.717) is 6.42 Å². The molecule has 4 unspecified atom stereocenters. The molecule has 0 radical (unpaired) electrons. The van der Waals surface area contributed by atoms with Crippen LogP contribution in [0, 0.1) is 18.8 Å². The molecule has 0 bridgehead atoms. The van der Waals surface area contributed by atoms with Crippen LogP contribution in [0.5, 0.6) is 0 Å². The largest absolute Gasteiger partial charge is 0.480 e. The summed E-state index contributed by atoms with van der Waals surface area (Å²) in [7, 11) is 0. The highest BCUT2D eigenvalue weighted by atomic mass is 32.2. The van der Waals surface area contributed by atoms with Gasteiger partial charge in [0.05, 0.1) is 18.4 Å². The number of hydrogen-bond donors (Lipinski definition) is 3. The Balaban J connectivity index is 2.04. The number of aryl methyl sites for hydroxylation is 1. The van der Waals surface area contributed by atoms with Gasteiger partial charge in [0.15, 0.2) is 5.54 Å². The van der Waals surface area contributed by atoms with Crippen LogP contribution in [0.2, 0.25) is 0 Å². The van der Waals surface area contributed by atoms with Crippen molar-refractivity contribution < 1.29 is 24.6 Å². The summed E-state index contributed by atoms with van der Waals surface area (Å²) in [5.41, 5.74) is -0.191. The number of carboxylic acids is 1. The summed E-state index contributed by atoms with van der Waals surface area (Å²) in [6.45, 7) is 1.39. The van der Waals surface area contributed by atoms with E-state index in [1.54, 1.807) is 11.8 Å². The second-order valence-electron chi connectivity index (χ2n) is 7.09. The normalized spacial score (nSPS) is 30.0. The van der Waals surface area contributed by atoms with Gasteiger partial charge in [-0.1, -0.05) is 24.3 Å². The summed E-state index contributed by atoms with van der Waals surface area (Å²) >= 11 is 1.62. The number of amides is 2. The second kappa shape index (κ2) is 7.61. The predicted octanol–water partition coefficient (Wildman–Crippen LogP) is 0.809. The maximum absolute atomic E-state index is 13.1. The van der Waals surface area contributed by atoms with Crippen LogP contribution in [-0.4, -0.2) is 63.6 Å². The van der Waals surface area contributed by atoms with Crippen molar-refractivity contribution in [1.82, 2.24) is 10.2 Å². The summed E-state index contributed by atoms with van der Waals surface area (Å²) in [4.78, 5) is 39.4. The molecular formula is C19H24N2O5S. The maximum atomic E-state index is 13.1. The Bertz CT molecular complexity index is 770. The molecule has 2 saturated heterocycles. The highest BCUT2D eigenvalue weighted by molar-refractivity contribution is 7.98. The van der Waals surface area contributed by atoms with Crippen molar-refractivity contribution >= 4 is 29.5 Å². The quantitative estimate of drug-likeness (QED) is 0.466. The van der Waals surface area contributed by atoms with Crippen LogP contribution in [0.4, 0.5) is 0 Å².